The summed E-state index contributed by atoms with van der Waals surface area (Å²) in [6.07, 6.45) is 1.81. The molecule has 0 spiro atoms. The third-order valence-electron chi connectivity index (χ3n) is 4.22. The van der Waals surface area contributed by atoms with Crippen molar-refractivity contribution in [2.75, 3.05) is 0 Å². The van der Waals surface area contributed by atoms with Crippen molar-refractivity contribution in [1.82, 2.24) is 4.98 Å². The Labute approximate surface area is 127 Å². The zero-order valence-electron chi connectivity index (χ0n) is 12.8. The Kier molecular flexibility index (Phi) is 4.24. The zero-order chi connectivity index (χ0) is 15.0. The van der Waals surface area contributed by atoms with Crippen LogP contribution < -0.4 is 0 Å². The Morgan fingerprint density at radius 1 is 1.25 bits per heavy atom. The van der Waals surface area contributed by atoms with Crippen LogP contribution in [-0.4, -0.2) is 13.3 Å². The zero-order valence-corrected chi connectivity index (χ0v) is 14.6. The van der Waals surface area contributed by atoms with Crippen LogP contribution in [-0.2, 0) is 11.0 Å². The molecule has 0 atom stereocenters. The van der Waals surface area contributed by atoms with Gasteiger partial charge in [0.05, 0.1) is 6.61 Å². The fraction of sp³-hybridized carbons (Fsp3) is 0.438. The van der Waals surface area contributed by atoms with Gasteiger partial charge in [-0.2, -0.15) is 0 Å². The summed E-state index contributed by atoms with van der Waals surface area (Å²) in [5, 5.41) is 2.98. The Morgan fingerprint density at radius 2 is 1.95 bits per heavy atom. The van der Waals surface area contributed by atoms with Gasteiger partial charge in [0.25, 0.3) is 0 Å². The van der Waals surface area contributed by atoms with E-state index in [0.29, 0.717) is 11.8 Å². The van der Waals surface area contributed by atoms with Gasteiger partial charge in [0.15, 0.2) is 8.32 Å². The summed E-state index contributed by atoms with van der Waals surface area (Å²) in [4.78, 5) is 4.13. The highest BCUT2D eigenvalue weighted by atomic mass is 35.5. The lowest BCUT2D eigenvalue weighted by Crippen LogP contribution is -2.40. The van der Waals surface area contributed by atoms with E-state index in [0.717, 1.165) is 10.8 Å². The van der Waals surface area contributed by atoms with Crippen LogP contribution in [0.2, 0.25) is 23.3 Å². The molecule has 4 heteroatoms. The summed E-state index contributed by atoms with van der Waals surface area (Å²) in [7, 11) is -1.74. The fourth-order valence-electron chi connectivity index (χ4n) is 1.81. The summed E-state index contributed by atoms with van der Waals surface area (Å²) in [5.74, 6) is 0. The number of pyridine rings is 1. The normalized spacial score (nSPS) is 12.9. The maximum Gasteiger partial charge on any atom is 0.192 e. The lowest BCUT2D eigenvalue weighted by Gasteiger charge is -2.36. The van der Waals surface area contributed by atoms with E-state index in [-0.39, 0.29) is 5.04 Å². The Balaban J connectivity index is 2.29. The van der Waals surface area contributed by atoms with Gasteiger partial charge in [-0.05, 0) is 35.1 Å². The molecule has 0 aliphatic heterocycles. The van der Waals surface area contributed by atoms with Crippen molar-refractivity contribution in [3.8, 4) is 0 Å². The second-order valence-corrected chi connectivity index (χ2v) is 11.9. The average Bonchev–Trinajstić information content (AvgIpc) is 2.35. The molecule has 1 heterocycles. The van der Waals surface area contributed by atoms with Crippen molar-refractivity contribution in [3.05, 3.63) is 41.2 Å². The van der Waals surface area contributed by atoms with Crippen molar-refractivity contribution in [2.24, 2.45) is 0 Å². The van der Waals surface area contributed by atoms with Gasteiger partial charge in [-0.15, -0.1) is 0 Å². The smallest absolute Gasteiger partial charge is 0.192 e. The first kappa shape index (κ1) is 15.5. The molecular weight excluding hydrogens is 286 g/mol. The predicted octanol–water partition coefficient (Wildman–Crippen LogP) is 5.41. The summed E-state index contributed by atoms with van der Waals surface area (Å²) >= 11 is 6.01. The van der Waals surface area contributed by atoms with Crippen LogP contribution in [0.4, 0.5) is 0 Å². The van der Waals surface area contributed by atoms with E-state index < -0.39 is 8.32 Å². The maximum absolute atomic E-state index is 6.30. The topological polar surface area (TPSA) is 22.1 Å². The van der Waals surface area contributed by atoms with Crippen LogP contribution in [0.15, 0.2) is 30.5 Å². The molecule has 0 unspecified atom stereocenters. The third kappa shape index (κ3) is 3.22. The minimum absolute atomic E-state index is 0.219. The second kappa shape index (κ2) is 5.47. The van der Waals surface area contributed by atoms with Crippen molar-refractivity contribution >= 4 is 30.7 Å². The Hall–Kier alpha value is -0.903. The molecule has 0 saturated carbocycles. The van der Waals surface area contributed by atoms with E-state index in [1.165, 1.54) is 5.56 Å². The molecule has 0 bridgehead atoms. The predicted molar refractivity (Wildman–Crippen MR) is 88.7 cm³/mol. The van der Waals surface area contributed by atoms with E-state index in [9.17, 15) is 0 Å². The highest BCUT2D eigenvalue weighted by Gasteiger charge is 2.37. The largest absolute Gasteiger partial charge is 0.413 e. The minimum atomic E-state index is -1.74. The number of hydrogen-bond donors (Lipinski definition) is 0. The number of nitrogens with zero attached hydrogens (tertiary/aromatic N) is 1. The maximum atomic E-state index is 6.30. The molecule has 1 aromatic carbocycles. The van der Waals surface area contributed by atoms with Gasteiger partial charge in [-0.25, -0.2) is 4.98 Å². The first-order chi connectivity index (χ1) is 9.21. The Morgan fingerprint density at radius 3 is 2.60 bits per heavy atom. The second-order valence-electron chi connectivity index (χ2n) is 6.69. The molecular formula is C16H22ClNOSi. The van der Waals surface area contributed by atoms with Crippen molar-refractivity contribution in [2.45, 2.75) is 45.5 Å². The van der Waals surface area contributed by atoms with Gasteiger partial charge >= 0.3 is 0 Å². The van der Waals surface area contributed by atoms with Crippen LogP contribution in [0, 0.1) is 0 Å². The SMILES string of the molecule is CC(C)(C)[Si](C)(C)OCc1cccc2cnc(Cl)cc12. The van der Waals surface area contributed by atoms with Gasteiger partial charge < -0.3 is 4.43 Å². The van der Waals surface area contributed by atoms with Crippen LogP contribution in [0.1, 0.15) is 26.3 Å². The third-order valence-corrected chi connectivity index (χ3v) is 8.90. The molecule has 0 fully saturated rings. The lowest BCUT2D eigenvalue weighted by atomic mass is 10.1. The number of aromatic nitrogens is 1. The number of fused-ring (bicyclic) bond motifs is 1. The van der Waals surface area contributed by atoms with E-state index in [4.69, 9.17) is 16.0 Å². The van der Waals surface area contributed by atoms with Crippen LogP contribution in [0.3, 0.4) is 0 Å². The standard InChI is InChI=1S/C16H22ClNOSi/c1-16(2,3)20(4,5)19-11-13-8-6-7-12-10-18-15(17)9-14(12)13/h6-10H,11H2,1-5H3. The fourth-order valence-corrected chi connectivity index (χ4v) is 2.92. The highest BCUT2D eigenvalue weighted by molar-refractivity contribution is 6.74. The monoisotopic (exact) mass is 307 g/mol. The number of halogens is 1. The van der Waals surface area contributed by atoms with Crippen molar-refractivity contribution < 1.29 is 4.43 Å². The van der Waals surface area contributed by atoms with E-state index >= 15 is 0 Å². The van der Waals surface area contributed by atoms with Gasteiger partial charge in [-0.1, -0.05) is 50.6 Å². The summed E-state index contributed by atoms with van der Waals surface area (Å²) in [5.41, 5.74) is 1.18. The van der Waals surface area contributed by atoms with Gasteiger partial charge in [0, 0.05) is 11.6 Å². The quantitative estimate of drug-likeness (QED) is 0.558. The van der Waals surface area contributed by atoms with Crippen LogP contribution in [0.5, 0.6) is 0 Å². The number of benzene rings is 1. The van der Waals surface area contributed by atoms with Crippen molar-refractivity contribution in [3.63, 3.8) is 0 Å². The van der Waals surface area contributed by atoms with Gasteiger partial charge in [0.2, 0.25) is 0 Å². The average molecular weight is 308 g/mol. The molecule has 108 valence electrons. The van der Waals surface area contributed by atoms with Crippen LogP contribution >= 0.6 is 11.6 Å². The number of rotatable bonds is 3. The van der Waals surface area contributed by atoms with Gasteiger partial charge in [0.1, 0.15) is 5.15 Å². The van der Waals surface area contributed by atoms with E-state index in [1.54, 1.807) is 0 Å². The summed E-state index contributed by atoms with van der Waals surface area (Å²) in [6, 6.07) is 8.11. The first-order valence-electron chi connectivity index (χ1n) is 6.88. The summed E-state index contributed by atoms with van der Waals surface area (Å²) in [6.45, 7) is 11.9. The molecule has 0 saturated heterocycles. The van der Waals surface area contributed by atoms with Crippen molar-refractivity contribution in [1.29, 1.82) is 0 Å². The van der Waals surface area contributed by atoms with Gasteiger partial charge in [-0.3, -0.25) is 0 Å². The molecule has 0 N–H and O–H groups in total. The highest BCUT2D eigenvalue weighted by Crippen LogP contribution is 2.37. The molecule has 20 heavy (non-hydrogen) atoms. The minimum Gasteiger partial charge on any atom is -0.413 e. The lowest BCUT2D eigenvalue weighted by molar-refractivity contribution is 0.277. The first-order valence-corrected chi connectivity index (χ1v) is 10.2. The molecule has 0 aliphatic carbocycles. The Bertz CT molecular complexity index is 619. The van der Waals surface area contributed by atoms with E-state index in [2.05, 4.69) is 51.0 Å². The van der Waals surface area contributed by atoms with E-state index in [1.807, 2.05) is 18.3 Å². The molecule has 0 amide bonds. The summed E-state index contributed by atoms with van der Waals surface area (Å²) < 4.78 is 6.30. The molecule has 1 aromatic heterocycles. The molecule has 0 aliphatic rings. The number of hydrogen-bond acceptors (Lipinski definition) is 2. The molecule has 2 rings (SSSR count). The molecule has 2 aromatic rings. The molecule has 0 radical (unpaired) electrons. The van der Waals surface area contributed by atoms with Crippen LogP contribution in [0.25, 0.3) is 10.8 Å². The molecule has 2 nitrogen and oxygen atoms in total.